The van der Waals surface area contributed by atoms with Crippen LogP contribution in [0.1, 0.15) is 29.0 Å². The van der Waals surface area contributed by atoms with E-state index in [2.05, 4.69) is 0 Å². The van der Waals surface area contributed by atoms with Crippen LogP contribution in [0.25, 0.3) is 0 Å². The number of aryl methyl sites for hydroxylation is 1. The summed E-state index contributed by atoms with van der Waals surface area (Å²) in [5, 5.41) is 0. The Morgan fingerprint density at radius 2 is 1.48 bits per heavy atom. The smallest absolute Gasteiger partial charge is 0.306 e. The van der Waals surface area contributed by atoms with Crippen molar-refractivity contribution in [1.29, 1.82) is 0 Å². The first-order valence-corrected chi connectivity index (χ1v) is 11.2. The Morgan fingerprint density at radius 3 is 2.00 bits per heavy atom. The summed E-state index contributed by atoms with van der Waals surface area (Å²) in [6.45, 7) is 2.59. The first-order valence-electron chi connectivity index (χ1n) is 9.78. The summed E-state index contributed by atoms with van der Waals surface area (Å²) < 4.78 is 34.8. The number of esters is 1. The fourth-order valence-electron chi connectivity index (χ4n) is 2.77. The molecular weight excluding hydrogens is 414 g/mol. The van der Waals surface area contributed by atoms with E-state index in [4.69, 9.17) is 15.0 Å². The predicted octanol–water partition coefficient (Wildman–Crippen LogP) is 4.10. The third-order valence-corrected chi connectivity index (χ3v) is 5.40. The average molecular weight is 442 g/mol. The Balaban J connectivity index is 0.000000262. The molecule has 0 aliphatic rings. The summed E-state index contributed by atoms with van der Waals surface area (Å²) in [7, 11) is -4.02. The highest BCUT2D eigenvalue weighted by Gasteiger charge is 2.15. The molecule has 0 aromatic heterocycles. The van der Waals surface area contributed by atoms with E-state index in [9.17, 15) is 13.2 Å². The Kier molecular flexibility index (Phi) is 9.40. The molecule has 3 aromatic rings. The van der Waals surface area contributed by atoms with Crippen molar-refractivity contribution in [2.45, 2.75) is 30.8 Å². The highest BCUT2D eigenvalue weighted by Crippen LogP contribution is 2.19. The van der Waals surface area contributed by atoms with Gasteiger partial charge in [-0.05, 0) is 36.7 Å². The molecular formula is C24H27NO5S. The van der Waals surface area contributed by atoms with Crippen LogP contribution in [0.3, 0.4) is 0 Å². The molecule has 0 aliphatic heterocycles. The SMILES string of the molecule is Cc1ccc(S(=O)(=O)O)cc1.NCC(CC(=O)OCc1ccccc1)c1ccccc1. The molecule has 0 radical (unpaired) electrons. The molecule has 0 saturated carbocycles. The fourth-order valence-corrected chi connectivity index (χ4v) is 3.25. The average Bonchev–Trinajstić information content (AvgIpc) is 2.77. The molecule has 1 atom stereocenters. The largest absolute Gasteiger partial charge is 0.461 e. The van der Waals surface area contributed by atoms with Crippen LogP contribution < -0.4 is 5.73 Å². The van der Waals surface area contributed by atoms with Gasteiger partial charge in [0.05, 0.1) is 11.3 Å². The van der Waals surface area contributed by atoms with Gasteiger partial charge in [-0.15, -0.1) is 0 Å². The predicted molar refractivity (Wildman–Crippen MR) is 120 cm³/mol. The molecule has 1 unspecified atom stereocenters. The van der Waals surface area contributed by atoms with Crippen LogP contribution in [0.5, 0.6) is 0 Å². The van der Waals surface area contributed by atoms with Gasteiger partial charge in [0.25, 0.3) is 10.1 Å². The first kappa shape index (κ1) is 24.3. The second kappa shape index (κ2) is 12.0. The molecule has 3 aromatic carbocycles. The van der Waals surface area contributed by atoms with Gasteiger partial charge in [-0.2, -0.15) is 8.42 Å². The molecule has 0 bridgehead atoms. The van der Waals surface area contributed by atoms with Gasteiger partial charge in [0, 0.05) is 5.92 Å². The summed E-state index contributed by atoms with van der Waals surface area (Å²) in [4.78, 5) is 11.8. The summed E-state index contributed by atoms with van der Waals surface area (Å²) >= 11 is 0. The van der Waals surface area contributed by atoms with E-state index in [1.807, 2.05) is 67.6 Å². The van der Waals surface area contributed by atoms with Crippen molar-refractivity contribution in [3.8, 4) is 0 Å². The zero-order valence-electron chi connectivity index (χ0n) is 17.3. The second-order valence-corrected chi connectivity index (χ2v) is 8.40. The molecule has 3 rings (SSSR count). The molecule has 0 saturated heterocycles. The van der Waals surface area contributed by atoms with E-state index in [-0.39, 0.29) is 16.8 Å². The Morgan fingerprint density at radius 1 is 0.935 bits per heavy atom. The van der Waals surface area contributed by atoms with Gasteiger partial charge >= 0.3 is 5.97 Å². The highest BCUT2D eigenvalue weighted by atomic mass is 32.2. The number of carbonyl (C=O) groups excluding carboxylic acids is 1. The van der Waals surface area contributed by atoms with Crippen molar-refractivity contribution >= 4 is 16.1 Å². The molecule has 7 heteroatoms. The van der Waals surface area contributed by atoms with E-state index < -0.39 is 10.1 Å². The second-order valence-electron chi connectivity index (χ2n) is 6.98. The van der Waals surface area contributed by atoms with Gasteiger partial charge in [-0.1, -0.05) is 78.4 Å². The number of benzene rings is 3. The molecule has 0 spiro atoms. The standard InChI is InChI=1S/C17H19NO2.C7H8O3S/c18-12-16(15-9-5-2-6-10-15)11-17(19)20-13-14-7-3-1-4-8-14;1-6-2-4-7(5-3-6)11(8,9)10/h1-10,16H,11-13,18H2;2-5H,1H3,(H,8,9,10). The van der Waals surface area contributed by atoms with Gasteiger partial charge in [-0.25, -0.2) is 0 Å². The minimum absolute atomic E-state index is 0.0134. The topological polar surface area (TPSA) is 107 Å². The van der Waals surface area contributed by atoms with Crippen molar-refractivity contribution in [2.24, 2.45) is 5.73 Å². The van der Waals surface area contributed by atoms with Crippen LogP contribution in [0.15, 0.2) is 89.8 Å². The maximum Gasteiger partial charge on any atom is 0.306 e. The Hall–Kier alpha value is -3.00. The number of nitrogens with two attached hydrogens (primary N) is 1. The zero-order valence-corrected chi connectivity index (χ0v) is 18.2. The molecule has 31 heavy (non-hydrogen) atoms. The summed E-state index contributed by atoms with van der Waals surface area (Å²) in [5.74, 6) is -0.201. The van der Waals surface area contributed by atoms with Crippen molar-refractivity contribution in [3.63, 3.8) is 0 Å². The molecule has 6 nitrogen and oxygen atoms in total. The van der Waals surface area contributed by atoms with E-state index in [0.717, 1.165) is 16.7 Å². The number of hydrogen-bond acceptors (Lipinski definition) is 5. The lowest BCUT2D eigenvalue weighted by Gasteiger charge is -2.14. The summed E-state index contributed by atoms with van der Waals surface area (Å²) in [6, 6.07) is 25.5. The van der Waals surface area contributed by atoms with E-state index in [1.54, 1.807) is 12.1 Å². The van der Waals surface area contributed by atoms with Crippen molar-refractivity contribution in [1.82, 2.24) is 0 Å². The number of ether oxygens (including phenoxy) is 1. The van der Waals surface area contributed by atoms with Gasteiger partial charge in [-0.3, -0.25) is 9.35 Å². The lowest BCUT2D eigenvalue weighted by Crippen LogP contribution is -2.18. The van der Waals surface area contributed by atoms with Crippen molar-refractivity contribution in [2.75, 3.05) is 6.54 Å². The quantitative estimate of drug-likeness (QED) is 0.422. The number of rotatable bonds is 7. The van der Waals surface area contributed by atoms with Crippen LogP contribution in [0.4, 0.5) is 0 Å². The Labute approximate surface area is 183 Å². The van der Waals surface area contributed by atoms with Crippen molar-refractivity contribution < 1.29 is 22.5 Å². The van der Waals surface area contributed by atoms with Crippen LogP contribution >= 0.6 is 0 Å². The van der Waals surface area contributed by atoms with Gasteiger partial charge in [0.2, 0.25) is 0 Å². The maximum atomic E-state index is 11.9. The minimum atomic E-state index is -4.02. The molecule has 0 heterocycles. The lowest BCUT2D eigenvalue weighted by atomic mass is 9.96. The molecule has 0 amide bonds. The van der Waals surface area contributed by atoms with E-state index in [1.165, 1.54) is 12.1 Å². The van der Waals surface area contributed by atoms with Crippen LogP contribution in [-0.2, 0) is 26.3 Å². The first-order chi connectivity index (χ1) is 14.8. The molecule has 3 N–H and O–H groups in total. The maximum absolute atomic E-state index is 11.9. The van der Waals surface area contributed by atoms with E-state index in [0.29, 0.717) is 19.6 Å². The Bertz CT molecular complexity index is 1040. The molecule has 164 valence electrons. The third kappa shape index (κ3) is 8.72. The van der Waals surface area contributed by atoms with Crippen LogP contribution in [0.2, 0.25) is 0 Å². The zero-order chi connectivity index (χ0) is 22.7. The van der Waals surface area contributed by atoms with E-state index >= 15 is 0 Å². The monoisotopic (exact) mass is 441 g/mol. The normalized spacial score (nSPS) is 11.7. The van der Waals surface area contributed by atoms with Crippen LogP contribution in [-0.4, -0.2) is 25.5 Å². The highest BCUT2D eigenvalue weighted by molar-refractivity contribution is 7.85. The van der Waals surface area contributed by atoms with Gasteiger partial charge in [0.1, 0.15) is 6.61 Å². The summed E-state index contributed by atoms with van der Waals surface area (Å²) in [6.07, 6.45) is 0.313. The number of hydrogen-bond donors (Lipinski definition) is 2. The minimum Gasteiger partial charge on any atom is -0.461 e. The summed E-state index contributed by atoms with van der Waals surface area (Å²) in [5.41, 5.74) is 8.77. The molecule has 0 fully saturated rings. The van der Waals surface area contributed by atoms with Gasteiger partial charge in [0.15, 0.2) is 0 Å². The third-order valence-electron chi connectivity index (χ3n) is 4.53. The fraction of sp³-hybridized carbons (Fsp3) is 0.208. The lowest BCUT2D eigenvalue weighted by molar-refractivity contribution is -0.145. The van der Waals surface area contributed by atoms with Crippen molar-refractivity contribution in [3.05, 3.63) is 102 Å². The molecule has 0 aliphatic carbocycles. The number of carbonyl (C=O) groups is 1. The van der Waals surface area contributed by atoms with Gasteiger partial charge < -0.3 is 10.5 Å². The van der Waals surface area contributed by atoms with Crippen LogP contribution in [0, 0.1) is 6.92 Å².